The molecule has 7 heteroatoms. The van der Waals surface area contributed by atoms with E-state index in [2.05, 4.69) is 10.3 Å². The van der Waals surface area contributed by atoms with E-state index in [-0.39, 0.29) is 19.0 Å². The fourth-order valence-corrected chi connectivity index (χ4v) is 3.85. The van der Waals surface area contributed by atoms with Crippen LogP contribution in [0.15, 0.2) is 95.1 Å². The van der Waals surface area contributed by atoms with Gasteiger partial charge >= 0.3 is 5.97 Å². The summed E-state index contributed by atoms with van der Waals surface area (Å²) in [4.78, 5) is 17.6. The zero-order valence-electron chi connectivity index (χ0n) is 19.0. The number of hydrogen-bond donors (Lipinski definition) is 1. The standard InChI is InChI=1S/C27H25ClN2O3.ClH/c1-3-32-27(31)24-18(2)29-26(20-9-5-4-6-10-20)30-25(24)22-11-7-8-12-23(22)33-17-19-13-15-21(28)16-14-19;/h4-16,25H,3,17H2,1-2H3,(H,29,30);1H. The third-order valence-corrected chi connectivity index (χ3v) is 5.57. The molecule has 3 aromatic carbocycles. The Balaban J connectivity index is 0.00000324. The highest BCUT2D eigenvalue weighted by Crippen LogP contribution is 2.35. The number of aliphatic imine (C=N–C) groups is 1. The minimum atomic E-state index is -0.474. The fraction of sp³-hybridized carbons (Fsp3) is 0.185. The number of halogens is 2. The van der Waals surface area contributed by atoms with Crippen molar-refractivity contribution in [3.8, 4) is 5.75 Å². The second-order valence-electron chi connectivity index (χ2n) is 7.58. The maximum atomic E-state index is 12.9. The van der Waals surface area contributed by atoms with Crippen LogP contribution in [0.2, 0.25) is 5.02 Å². The summed E-state index contributed by atoms with van der Waals surface area (Å²) in [6.45, 7) is 4.28. The molecule has 34 heavy (non-hydrogen) atoms. The first-order chi connectivity index (χ1) is 16.1. The zero-order valence-corrected chi connectivity index (χ0v) is 20.5. The Morgan fingerprint density at radius 2 is 1.68 bits per heavy atom. The molecule has 0 fully saturated rings. The summed E-state index contributed by atoms with van der Waals surface area (Å²) in [7, 11) is 0. The Morgan fingerprint density at radius 1 is 1.00 bits per heavy atom. The number of benzene rings is 3. The molecule has 0 spiro atoms. The summed E-state index contributed by atoms with van der Waals surface area (Å²) in [6, 6.07) is 24.6. The summed E-state index contributed by atoms with van der Waals surface area (Å²) < 4.78 is 11.5. The van der Waals surface area contributed by atoms with Crippen molar-refractivity contribution in [1.82, 2.24) is 5.32 Å². The average molecular weight is 497 g/mol. The van der Waals surface area contributed by atoms with Crippen molar-refractivity contribution in [2.45, 2.75) is 26.5 Å². The third kappa shape index (κ3) is 5.79. The maximum Gasteiger partial charge on any atom is 0.338 e. The number of nitrogens with one attached hydrogen (secondary N) is 1. The van der Waals surface area contributed by atoms with Gasteiger partial charge in [-0.25, -0.2) is 9.79 Å². The van der Waals surface area contributed by atoms with Crippen LogP contribution in [0, 0.1) is 0 Å². The molecule has 5 nitrogen and oxygen atoms in total. The van der Waals surface area contributed by atoms with Gasteiger partial charge in [0.25, 0.3) is 0 Å². The highest BCUT2D eigenvalue weighted by molar-refractivity contribution is 6.30. The molecule has 0 aliphatic carbocycles. The molecule has 0 amide bonds. The maximum absolute atomic E-state index is 12.9. The van der Waals surface area contributed by atoms with Crippen LogP contribution in [0.3, 0.4) is 0 Å². The summed E-state index contributed by atoms with van der Waals surface area (Å²) >= 11 is 6.00. The Kier molecular flexibility index (Phi) is 8.74. The van der Waals surface area contributed by atoms with Crippen LogP contribution in [0.1, 0.15) is 36.6 Å². The first-order valence-electron chi connectivity index (χ1n) is 10.8. The first-order valence-corrected chi connectivity index (χ1v) is 11.2. The van der Waals surface area contributed by atoms with Crippen molar-refractivity contribution in [1.29, 1.82) is 0 Å². The summed E-state index contributed by atoms with van der Waals surface area (Å²) in [5.41, 5.74) is 3.85. The summed E-state index contributed by atoms with van der Waals surface area (Å²) in [6.07, 6.45) is 0. The van der Waals surface area contributed by atoms with Crippen molar-refractivity contribution in [3.05, 3.63) is 112 Å². The molecule has 0 saturated heterocycles. The third-order valence-electron chi connectivity index (χ3n) is 5.32. The van der Waals surface area contributed by atoms with Gasteiger partial charge in [-0.3, -0.25) is 0 Å². The smallest absolute Gasteiger partial charge is 0.338 e. The zero-order chi connectivity index (χ0) is 23.2. The minimum Gasteiger partial charge on any atom is -0.489 e. The number of allylic oxidation sites excluding steroid dienone is 1. The van der Waals surface area contributed by atoms with Gasteiger partial charge in [0.15, 0.2) is 0 Å². The molecule has 1 heterocycles. The van der Waals surface area contributed by atoms with Crippen LogP contribution >= 0.6 is 24.0 Å². The van der Waals surface area contributed by atoms with Gasteiger partial charge in [0.05, 0.1) is 23.9 Å². The Hall–Kier alpha value is -3.28. The lowest BCUT2D eigenvalue weighted by molar-refractivity contribution is -0.139. The Morgan fingerprint density at radius 3 is 2.38 bits per heavy atom. The highest BCUT2D eigenvalue weighted by Gasteiger charge is 2.32. The van der Waals surface area contributed by atoms with E-state index in [1.54, 1.807) is 6.92 Å². The SMILES string of the molecule is CCOC(=O)C1=C(C)N=C(c2ccccc2)NC1c1ccccc1OCc1ccc(Cl)cc1.Cl. The van der Waals surface area contributed by atoms with Crippen LogP contribution < -0.4 is 10.1 Å². The van der Waals surface area contributed by atoms with E-state index >= 15 is 0 Å². The van der Waals surface area contributed by atoms with Crippen molar-refractivity contribution in [3.63, 3.8) is 0 Å². The molecular weight excluding hydrogens is 471 g/mol. The Bertz CT molecular complexity index is 1190. The summed E-state index contributed by atoms with van der Waals surface area (Å²) in [5, 5.41) is 4.12. The first kappa shape index (κ1) is 25.3. The van der Waals surface area contributed by atoms with E-state index < -0.39 is 12.0 Å². The molecule has 0 saturated carbocycles. The van der Waals surface area contributed by atoms with E-state index in [4.69, 9.17) is 21.1 Å². The monoisotopic (exact) mass is 496 g/mol. The summed E-state index contributed by atoms with van der Waals surface area (Å²) in [5.74, 6) is 0.975. The molecule has 3 aromatic rings. The van der Waals surface area contributed by atoms with Gasteiger partial charge in [-0.2, -0.15) is 0 Å². The second-order valence-corrected chi connectivity index (χ2v) is 8.01. The lowest BCUT2D eigenvalue weighted by atomic mass is 9.94. The number of carbonyl (C=O) groups excluding carboxylic acids is 1. The second kappa shape index (κ2) is 11.7. The lowest BCUT2D eigenvalue weighted by Gasteiger charge is -2.29. The van der Waals surface area contributed by atoms with Gasteiger partial charge < -0.3 is 14.8 Å². The van der Waals surface area contributed by atoms with Crippen molar-refractivity contribution >= 4 is 35.8 Å². The average Bonchev–Trinajstić information content (AvgIpc) is 2.84. The molecule has 1 atom stereocenters. The van der Waals surface area contributed by atoms with Crippen LogP contribution in [0.4, 0.5) is 0 Å². The fourth-order valence-electron chi connectivity index (χ4n) is 3.72. The van der Waals surface area contributed by atoms with E-state index in [9.17, 15) is 4.79 Å². The predicted octanol–water partition coefficient (Wildman–Crippen LogP) is 6.27. The number of para-hydroxylation sites is 1. The molecular formula is C27H26Cl2N2O3. The van der Waals surface area contributed by atoms with Crippen molar-refractivity contribution in [2.24, 2.45) is 4.99 Å². The van der Waals surface area contributed by atoms with Gasteiger partial charge in [0, 0.05) is 16.1 Å². The predicted molar refractivity (Wildman–Crippen MR) is 138 cm³/mol. The molecule has 1 aliphatic heterocycles. The topological polar surface area (TPSA) is 59.9 Å². The van der Waals surface area contributed by atoms with Gasteiger partial charge in [-0.05, 0) is 37.6 Å². The van der Waals surface area contributed by atoms with E-state index in [1.807, 2.05) is 85.8 Å². The molecule has 0 bridgehead atoms. The van der Waals surface area contributed by atoms with Gasteiger partial charge in [-0.15, -0.1) is 12.4 Å². The number of amidine groups is 1. The normalized spacial score (nSPS) is 15.0. The minimum absolute atomic E-state index is 0. The van der Waals surface area contributed by atoms with Crippen molar-refractivity contribution < 1.29 is 14.3 Å². The number of esters is 1. The Labute approximate surface area is 210 Å². The van der Waals surface area contributed by atoms with Gasteiger partial charge in [0.1, 0.15) is 18.2 Å². The molecule has 1 unspecified atom stereocenters. The van der Waals surface area contributed by atoms with Crippen molar-refractivity contribution in [2.75, 3.05) is 6.61 Å². The molecule has 0 radical (unpaired) electrons. The van der Waals surface area contributed by atoms with Crippen LogP contribution in [0.25, 0.3) is 0 Å². The largest absolute Gasteiger partial charge is 0.489 e. The number of nitrogens with zero attached hydrogens (tertiary/aromatic N) is 1. The van der Waals surface area contributed by atoms with E-state index in [0.717, 1.165) is 16.7 Å². The molecule has 1 N–H and O–H groups in total. The number of rotatable bonds is 7. The van der Waals surface area contributed by atoms with E-state index in [0.29, 0.717) is 34.5 Å². The number of hydrogen-bond acceptors (Lipinski definition) is 5. The molecule has 0 aromatic heterocycles. The van der Waals surface area contributed by atoms with Crippen LogP contribution in [-0.4, -0.2) is 18.4 Å². The van der Waals surface area contributed by atoms with Gasteiger partial charge in [-0.1, -0.05) is 72.3 Å². The van der Waals surface area contributed by atoms with Crippen LogP contribution in [-0.2, 0) is 16.1 Å². The highest BCUT2D eigenvalue weighted by atomic mass is 35.5. The number of ether oxygens (including phenoxy) is 2. The van der Waals surface area contributed by atoms with Gasteiger partial charge in [0.2, 0.25) is 0 Å². The van der Waals surface area contributed by atoms with E-state index in [1.165, 1.54) is 0 Å². The molecule has 1 aliphatic rings. The lowest BCUT2D eigenvalue weighted by Crippen LogP contribution is -2.37. The quantitative estimate of drug-likeness (QED) is 0.391. The number of carbonyl (C=O) groups is 1. The molecule has 176 valence electrons. The van der Waals surface area contributed by atoms with Crippen LogP contribution in [0.5, 0.6) is 5.75 Å². The molecule has 4 rings (SSSR count).